The standard InChI is InChI=1S/C21H31F2N7O/c1-15-3-7-30(15)20-25-18-16(2-4-21(18,22)23)19(26-20)29-12-10-27(11-13-29)14-17(31)28-8-5-24-6-9-28/h15,24H,2-14H2,1H3/t15-/m0/s1. The number of hydrogen-bond donors (Lipinski definition) is 1. The zero-order valence-electron chi connectivity index (χ0n) is 18.1. The quantitative estimate of drug-likeness (QED) is 0.746. The average Bonchev–Trinajstić information content (AvgIpc) is 3.08. The molecule has 4 heterocycles. The summed E-state index contributed by atoms with van der Waals surface area (Å²) in [7, 11) is 0. The number of nitrogens with one attached hydrogen (secondary N) is 1. The van der Waals surface area contributed by atoms with E-state index in [9.17, 15) is 13.6 Å². The van der Waals surface area contributed by atoms with Crippen LogP contribution in [0.4, 0.5) is 20.5 Å². The summed E-state index contributed by atoms with van der Waals surface area (Å²) in [6, 6.07) is 0.286. The smallest absolute Gasteiger partial charge is 0.290 e. The van der Waals surface area contributed by atoms with E-state index < -0.39 is 5.92 Å². The van der Waals surface area contributed by atoms with E-state index in [1.54, 1.807) is 0 Å². The van der Waals surface area contributed by atoms with E-state index in [0.29, 0.717) is 43.4 Å². The van der Waals surface area contributed by atoms with Crippen molar-refractivity contribution in [1.29, 1.82) is 0 Å². The molecule has 0 aromatic carbocycles. The fourth-order valence-electron chi connectivity index (χ4n) is 4.92. The van der Waals surface area contributed by atoms with Crippen LogP contribution in [0, 0.1) is 0 Å². The molecule has 5 rings (SSSR count). The Balaban J connectivity index is 1.29. The van der Waals surface area contributed by atoms with E-state index in [-0.39, 0.29) is 24.1 Å². The number of carbonyl (C=O) groups is 1. The van der Waals surface area contributed by atoms with Crippen molar-refractivity contribution in [2.24, 2.45) is 0 Å². The van der Waals surface area contributed by atoms with Crippen molar-refractivity contribution >= 4 is 17.7 Å². The summed E-state index contributed by atoms with van der Waals surface area (Å²) in [5.41, 5.74) is 0.523. The van der Waals surface area contributed by atoms with E-state index >= 15 is 0 Å². The highest BCUT2D eigenvalue weighted by molar-refractivity contribution is 5.78. The molecule has 1 aliphatic carbocycles. The molecular formula is C21H31F2N7O. The van der Waals surface area contributed by atoms with Gasteiger partial charge < -0.3 is 20.0 Å². The summed E-state index contributed by atoms with van der Waals surface area (Å²) < 4.78 is 29.1. The minimum Gasteiger partial charge on any atom is -0.354 e. The number of piperazine rings is 2. The number of hydrogen-bond acceptors (Lipinski definition) is 7. The number of alkyl halides is 2. The van der Waals surface area contributed by atoms with Crippen LogP contribution in [0.3, 0.4) is 0 Å². The highest BCUT2D eigenvalue weighted by atomic mass is 19.3. The molecule has 0 saturated carbocycles. The van der Waals surface area contributed by atoms with Gasteiger partial charge in [-0.2, -0.15) is 13.8 Å². The summed E-state index contributed by atoms with van der Waals surface area (Å²) >= 11 is 0. The lowest BCUT2D eigenvalue weighted by molar-refractivity contribution is -0.133. The molecule has 1 aromatic rings. The van der Waals surface area contributed by atoms with E-state index in [2.05, 4.69) is 27.0 Å². The highest BCUT2D eigenvalue weighted by Crippen LogP contribution is 2.44. The fourth-order valence-corrected chi connectivity index (χ4v) is 4.92. The van der Waals surface area contributed by atoms with Crippen LogP contribution in [0.1, 0.15) is 31.0 Å². The van der Waals surface area contributed by atoms with Crippen LogP contribution in [0.25, 0.3) is 0 Å². The van der Waals surface area contributed by atoms with Crippen LogP contribution in [0.5, 0.6) is 0 Å². The first-order valence-corrected chi connectivity index (χ1v) is 11.4. The Kier molecular flexibility index (Phi) is 5.45. The van der Waals surface area contributed by atoms with E-state index in [4.69, 9.17) is 4.98 Å². The minimum atomic E-state index is -2.88. The molecule has 0 spiro atoms. The molecule has 1 amide bonds. The zero-order chi connectivity index (χ0) is 21.6. The maximum absolute atomic E-state index is 14.5. The molecule has 0 bridgehead atoms. The normalized spacial score (nSPS) is 26.0. The molecule has 8 nitrogen and oxygen atoms in total. The Morgan fingerprint density at radius 2 is 1.84 bits per heavy atom. The molecule has 31 heavy (non-hydrogen) atoms. The van der Waals surface area contributed by atoms with Gasteiger partial charge in [0.2, 0.25) is 11.9 Å². The number of halogens is 2. The van der Waals surface area contributed by atoms with Crippen LogP contribution >= 0.6 is 0 Å². The lowest BCUT2D eigenvalue weighted by Crippen LogP contribution is -2.53. The first-order valence-electron chi connectivity index (χ1n) is 11.4. The van der Waals surface area contributed by atoms with Crippen LogP contribution in [-0.2, 0) is 17.1 Å². The topological polar surface area (TPSA) is 67.8 Å². The number of rotatable bonds is 4. The van der Waals surface area contributed by atoms with Gasteiger partial charge in [-0.1, -0.05) is 0 Å². The number of amides is 1. The Bertz CT molecular complexity index is 837. The van der Waals surface area contributed by atoms with Crippen molar-refractivity contribution in [3.05, 3.63) is 11.3 Å². The molecule has 3 saturated heterocycles. The Morgan fingerprint density at radius 1 is 1.10 bits per heavy atom. The van der Waals surface area contributed by atoms with Gasteiger partial charge in [0.05, 0.1) is 6.54 Å². The minimum absolute atomic E-state index is 0.0806. The SMILES string of the molecule is C[C@H]1CCN1c1nc(N2CCN(CC(=O)N3CCNCC3)CC2)c2c(n1)C(F)(F)CC2. The van der Waals surface area contributed by atoms with Crippen LogP contribution in [0.15, 0.2) is 0 Å². The monoisotopic (exact) mass is 435 g/mol. The lowest BCUT2D eigenvalue weighted by atomic mass is 10.1. The second-order valence-corrected chi connectivity index (χ2v) is 9.10. The number of anilines is 2. The van der Waals surface area contributed by atoms with Gasteiger partial charge in [0.25, 0.3) is 5.92 Å². The third kappa shape index (κ3) is 3.95. The zero-order valence-corrected chi connectivity index (χ0v) is 18.1. The van der Waals surface area contributed by atoms with Crippen LogP contribution < -0.4 is 15.1 Å². The van der Waals surface area contributed by atoms with Crippen molar-refractivity contribution < 1.29 is 13.6 Å². The Morgan fingerprint density at radius 3 is 2.48 bits per heavy atom. The predicted octanol–water partition coefficient (Wildman–Crippen LogP) is 0.667. The van der Waals surface area contributed by atoms with Gasteiger partial charge in [-0.3, -0.25) is 9.69 Å². The summed E-state index contributed by atoms with van der Waals surface area (Å²) in [4.78, 5) is 29.9. The van der Waals surface area contributed by atoms with Crippen LogP contribution in [0.2, 0.25) is 0 Å². The maximum Gasteiger partial charge on any atom is 0.290 e. The van der Waals surface area contributed by atoms with Gasteiger partial charge in [-0.05, 0) is 19.8 Å². The van der Waals surface area contributed by atoms with Gasteiger partial charge in [0, 0.05) is 76.9 Å². The van der Waals surface area contributed by atoms with E-state index in [1.807, 2.05) is 9.80 Å². The molecule has 0 unspecified atom stereocenters. The van der Waals surface area contributed by atoms with Gasteiger partial charge in [0.15, 0.2) is 0 Å². The molecule has 3 fully saturated rings. The van der Waals surface area contributed by atoms with Gasteiger partial charge in [-0.25, -0.2) is 4.98 Å². The summed E-state index contributed by atoms with van der Waals surface area (Å²) in [5, 5.41) is 3.26. The molecule has 4 aliphatic rings. The Labute approximate surface area is 181 Å². The van der Waals surface area contributed by atoms with E-state index in [0.717, 1.165) is 52.2 Å². The highest BCUT2D eigenvalue weighted by Gasteiger charge is 2.45. The van der Waals surface area contributed by atoms with Gasteiger partial charge in [-0.15, -0.1) is 0 Å². The summed E-state index contributed by atoms with van der Waals surface area (Å²) in [6.07, 6.45) is 1.16. The maximum atomic E-state index is 14.5. The van der Waals surface area contributed by atoms with Crippen molar-refractivity contribution in [2.45, 2.75) is 38.2 Å². The molecule has 1 aromatic heterocycles. The van der Waals surface area contributed by atoms with Gasteiger partial charge in [0.1, 0.15) is 11.5 Å². The predicted molar refractivity (Wildman–Crippen MR) is 114 cm³/mol. The number of carbonyl (C=O) groups excluding carboxylic acids is 1. The van der Waals surface area contributed by atoms with Gasteiger partial charge >= 0.3 is 0 Å². The number of nitrogens with zero attached hydrogens (tertiary/aromatic N) is 6. The van der Waals surface area contributed by atoms with Crippen molar-refractivity contribution in [1.82, 2.24) is 25.1 Å². The van der Waals surface area contributed by atoms with Crippen molar-refractivity contribution in [3.63, 3.8) is 0 Å². The third-order valence-electron chi connectivity index (χ3n) is 7.09. The first-order chi connectivity index (χ1) is 14.9. The van der Waals surface area contributed by atoms with E-state index in [1.165, 1.54) is 0 Å². The van der Waals surface area contributed by atoms with Crippen molar-refractivity contribution in [2.75, 3.05) is 75.2 Å². The first kappa shape index (κ1) is 20.8. The number of fused-ring (bicyclic) bond motifs is 1. The second kappa shape index (κ2) is 8.12. The summed E-state index contributed by atoms with van der Waals surface area (Å²) in [6.45, 7) is 9.34. The molecule has 0 radical (unpaired) electrons. The van der Waals surface area contributed by atoms with Crippen LogP contribution in [-0.4, -0.2) is 97.2 Å². The fraction of sp³-hybridized carbons (Fsp3) is 0.762. The lowest BCUT2D eigenvalue weighted by Gasteiger charge is -2.40. The molecule has 10 heteroatoms. The van der Waals surface area contributed by atoms with Crippen molar-refractivity contribution in [3.8, 4) is 0 Å². The molecule has 1 N–H and O–H groups in total. The molecule has 1 atom stereocenters. The Hall–Kier alpha value is -2.07. The summed E-state index contributed by atoms with van der Waals surface area (Å²) in [5.74, 6) is -1.60. The molecule has 3 aliphatic heterocycles. The second-order valence-electron chi connectivity index (χ2n) is 9.10. The third-order valence-corrected chi connectivity index (χ3v) is 7.09. The largest absolute Gasteiger partial charge is 0.354 e. The average molecular weight is 436 g/mol. The molecule has 170 valence electrons. The number of aromatic nitrogens is 2. The molecular weight excluding hydrogens is 404 g/mol.